The number of rotatable bonds is 3. The molecule has 0 amide bonds. The second kappa shape index (κ2) is 5.07. The molecule has 0 radical (unpaired) electrons. The van der Waals surface area contributed by atoms with Gasteiger partial charge in [-0.05, 0) is 35.0 Å². The van der Waals surface area contributed by atoms with Crippen molar-refractivity contribution in [1.29, 1.82) is 0 Å². The van der Waals surface area contributed by atoms with Crippen LogP contribution in [0.15, 0.2) is 28.9 Å². The molecule has 0 aliphatic rings. The number of aryl methyl sites for hydroxylation is 2. The van der Waals surface area contributed by atoms with Gasteiger partial charge in [0.15, 0.2) is 0 Å². The van der Waals surface area contributed by atoms with E-state index in [1.165, 1.54) is 0 Å². The third kappa shape index (κ3) is 2.54. The van der Waals surface area contributed by atoms with Crippen molar-refractivity contribution in [3.8, 4) is 0 Å². The molecule has 4 nitrogen and oxygen atoms in total. The van der Waals surface area contributed by atoms with E-state index >= 15 is 0 Å². The van der Waals surface area contributed by atoms with Gasteiger partial charge in [-0.3, -0.25) is 4.68 Å². The van der Waals surface area contributed by atoms with E-state index in [9.17, 15) is 0 Å². The summed E-state index contributed by atoms with van der Waals surface area (Å²) in [5.41, 5.74) is 9.28. The average Bonchev–Trinajstić information content (AvgIpc) is 2.57. The molecule has 1 heterocycles. The van der Waals surface area contributed by atoms with Gasteiger partial charge >= 0.3 is 0 Å². The summed E-state index contributed by atoms with van der Waals surface area (Å²) >= 11 is 8.53. The first-order chi connectivity index (χ1) is 8.49. The number of anilines is 2. The number of aromatic nitrogens is 2. The predicted molar refractivity (Wildman–Crippen MR) is 81.3 cm³/mol. The molecule has 1 aromatic heterocycles. The molecule has 2 rings (SSSR count). The molecule has 3 N–H and O–H groups in total. The maximum absolute atomic E-state index is 5.75. The Morgan fingerprint density at radius 3 is 2.72 bits per heavy atom. The van der Waals surface area contributed by atoms with Crippen LogP contribution in [0.3, 0.4) is 0 Å². The van der Waals surface area contributed by atoms with E-state index in [1.807, 2.05) is 38.4 Å². The van der Waals surface area contributed by atoms with E-state index in [-0.39, 0.29) is 0 Å². The molecule has 0 saturated carbocycles. The lowest BCUT2D eigenvalue weighted by atomic mass is 10.1. The molecule has 2 aromatic rings. The fourth-order valence-corrected chi connectivity index (χ4v) is 2.68. The lowest BCUT2D eigenvalue weighted by molar-refractivity contribution is 0.756. The van der Waals surface area contributed by atoms with E-state index in [1.54, 1.807) is 4.68 Å². The maximum Gasteiger partial charge on any atom is 0.107 e. The third-order valence-electron chi connectivity index (χ3n) is 2.54. The van der Waals surface area contributed by atoms with Crippen LogP contribution >= 0.6 is 28.1 Å². The van der Waals surface area contributed by atoms with E-state index in [2.05, 4.69) is 26.3 Å². The van der Waals surface area contributed by atoms with Gasteiger partial charge in [0, 0.05) is 29.0 Å². The fourth-order valence-electron chi connectivity index (χ4n) is 1.75. The summed E-state index contributed by atoms with van der Waals surface area (Å²) in [5, 5.41) is 7.59. The van der Waals surface area contributed by atoms with Crippen LogP contribution in [0, 0.1) is 6.92 Å². The minimum atomic E-state index is 0.353. The number of benzene rings is 1. The fraction of sp³-hybridized carbons (Fsp3) is 0.167. The summed E-state index contributed by atoms with van der Waals surface area (Å²) in [6, 6.07) is 5.78. The van der Waals surface area contributed by atoms with Crippen molar-refractivity contribution in [3.05, 3.63) is 40.1 Å². The Labute approximate surface area is 119 Å². The van der Waals surface area contributed by atoms with Crippen molar-refractivity contribution in [2.24, 2.45) is 12.8 Å². The van der Waals surface area contributed by atoms with Gasteiger partial charge in [-0.1, -0.05) is 18.3 Å². The highest BCUT2D eigenvalue weighted by Crippen LogP contribution is 2.28. The summed E-state index contributed by atoms with van der Waals surface area (Å²) in [7, 11) is 1.88. The standard InChI is InChI=1S/C12H13BrN4S/c1-7-10(6-17(2)16-7)15-9-5-3-4-8(13)11(9)12(14)18/h3-6,15H,1-2H3,(H2,14,18). The van der Waals surface area contributed by atoms with E-state index in [0.29, 0.717) is 4.99 Å². The van der Waals surface area contributed by atoms with Crippen LogP contribution in [-0.4, -0.2) is 14.8 Å². The summed E-state index contributed by atoms with van der Waals surface area (Å²) in [5.74, 6) is 0. The van der Waals surface area contributed by atoms with Gasteiger partial charge in [-0.2, -0.15) is 5.10 Å². The Hall–Kier alpha value is -1.40. The van der Waals surface area contributed by atoms with Crippen LogP contribution in [0.4, 0.5) is 11.4 Å². The molecule has 0 unspecified atom stereocenters. The molecule has 18 heavy (non-hydrogen) atoms. The summed E-state index contributed by atoms with van der Waals surface area (Å²) in [6.45, 7) is 1.95. The first-order valence-electron chi connectivity index (χ1n) is 5.34. The lowest BCUT2D eigenvalue weighted by Crippen LogP contribution is -2.12. The highest BCUT2D eigenvalue weighted by molar-refractivity contribution is 9.10. The van der Waals surface area contributed by atoms with Gasteiger partial charge in [0.2, 0.25) is 0 Å². The SMILES string of the molecule is Cc1nn(C)cc1Nc1cccc(Br)c1C(N)=S. The number of hydrogen-bond acceptors (Lipinski definition) is 3. The Kier molecular flexibility index (Phi) is 3.68. The van der Waals surface area contributed by atoms with Crippen LogP contribution in [-0.2, 0) is 7.05 Å². The molecule has 0 aliphatic heterocycles. The number of thiocarbonyl (C=S) groups is 1. The first kappa shape index (κ1) is 13.0. The highest BCUT2D eigenvalue weighted by atomic mass is 79.9. The van der Waals surface area contributed by atoms with Gasteiger partial charge in [0.25, 0.3) is 0 Å². The maximum atomic E-state index is 5.75. The number of hydrogen-bond donors (Lipinski definition) is 2. The quantitative estimate of drug-likeness (QED) is 0.852. The number of nitrogens with one attached hydrogen (secondary N) is 1. The molecule has 6 heteroatoms. The van der Waals surface area contributed by atoms with Crippen LogP contribution < -0.4 is 11.1 Å². The monoisotopic (exact) mass is 324 g/mol. The van der Waals surface area contributed by atoms with Crippen LogP contribution in [0.5, 0.6) is 0 Å². The van der Waals surface area contributed by atoms with E-state index in [4.69, 9.17) is 18.0 Å². The summed E-state index contributed by atoms with van der Waals surface area (Å²) < 4.78 is 2.64. The Morgan fingerprint density at radius 2 is 2.17 bits per heavy atom. The highest BCUT2D eigenvalue weighted by Gasteiger charge is 2.11. The van der Waals surface area contributed by atoms with Crippen molar-refractivity contribution < 1.29 is 0 Å². The second-order valence-electron chi connectivity index (χ2n) is 3.95. The third-order valence-corrected chi connectivity index (χ3v) is 3.41. The molecule has 0 atom stereocenters. The van der Waals surface area contributed by atoms with Crippen LogP contribution in [0.2, 0.25) is 0 Å². The Balaban J connectivity index is 2.43. The van der Waals surface area contributed by atoms with E-state index in [0.717, 1.165) is 27.1 Å². The zero-order chi connectivity index (χ0) is 13.3. The van der Waals surface area contributed by atoms with Gasteiger partial charge < -0.3 is 11.1 Å². The lowest BCUT2D eigenvalue weighted by Gasteiger charge is -2.11. The molecule has 0 aliphatic carbocycles. The van der Waals surface area contributed by atoms with Crippen LogP contribution in [0.25, 0.3) is 0 Å². The molecule has 0 spiro atoms. The zero-order valence-electron chi connectivity index (χ0n) is 10.1. The van der Waals surface area contributed by atoms with Crippen molar-refractivity contribution in [2.45, 2.75) is 6.92 Å². The van der Waals surface area contributed by atoms with Gasteiger partial charge in [-0.25, -0.2) is 0 Å². The van der Waals surface area contributed by atoms with Crippen molar-refractivity contribution in [3.63, 3.8) is 0 Å². The average molecular weight is 325 g/mol. The van der Waals surface area contributed by atoms with Gasteiger partial charge in [-0.15, -0.1) is 0 Å². The molecule has 1 aromatic carbocycles. The summed E-state index contributed by atoms with van der Waals surface area (Å²) in [6.07, 6.45) is 1.92. The predicted octanol–water partition coefficient (Wildman–Crippen LogP) is 2.87. The topological polar surface area (TPSA) is 55.9 Å². The molecule has 0 bridgehead atoms. The summed E-state index contributed by atoms with van der Waals surface area (Å²) in [4.78, 5) is 0.353. The van der Waals surface area contributed by atoms with Crippen LogP contribution in [0.1, 0.15) is 11.3 Å². The molecule has 94 valence electrons. The Bertz CT molecular complexity index is 606. The number of nitrogens with two attached hydrogens (primary N) is 1. The van der Waals surface area contributed by atoms with E-state index < -0.39 is 0 Å². The largest absolute Gasteiger partial charge is 0.389 e. The van der Waals surface area contributed by atoms with Crippen molar-refractivity contribution >= 4 is 44.5 Å². The van der Waals surface area contributed by atoms with Crippen molar-refractivity contribution in [1.82, 2.24) is 9.78 Å². The molecular weight excluding hydrogens is 312 g/mol. The molecule has 0 fully saturated rings. The Morgan fingerprint density at radius 1 is 1.44 bits per heavy atom. The smallest absolute Gasteiger partial charge is 0.107 e. The van der Waals surface area contributed by atoms with Gasteiger partial charge in [0.05, 0.1) is 11.4 Å². The molecular formula is C12H13BrN4S. The van der Waals surface area contributed by atoms with Gasteiger partial charge in [0.1, 0.15) is 4.99 Å². The molecule has 0 saturated heterocycles. The zero-order valence-corrected chi connectivity index (χ0v) is 12.5. The number of nitrogens with zero attached hydrogens (tertiary/aromatic N) is 2. The minimum Gasteiger partial charge on any atom is -0.389 e. The normalized spacial score (nSPS) is 10.4. The second-order valence-corrected chi connectivity index (χ2v) is 5.25. The first-order valence-corrected chi connectivity index (χ1v) is 6.54. The van der Waals surface area contributed by atoms with Crippen molar-refractivity contribution in [2.75, 3.05) is 5.32 Å². The number of halogens is 1. The minimum absolute atomic E-state index is 0.353.